The van der Waals surface area contributed by atoms with Gasteiger partial charge in [0.05, 0.1) is 16.7 Å². The number of aryl methyl sites for hydroxylation is 2. The number of carbonyl (C=O) groups excluding carboxylic acids is 1. The minimum absolute atomic E-state index is 0.0828. The highest BCUT2D eigenvalue weighted by Crippen LogP contribution is 2.38. The minimum atomic E-state index is -0.365. The third kappa shape index (κ3) is 2.49. The normalized spacial score (nSPS) is 29.9. The summed E-state index contributed by atoms with van der Waals surface area (Å²) in [5.74, 6) is 1.67. The van der Waals surface area contributed by atoms with Gasteiger partial charge in [0.25, 0.3) is 0 Å². The number of anilines is 1. The number of thiazole rings is 1. The summed E-state index contributed by atoms with van der Waals surface area (Å²) in [7, 11) is 0. The molecular weight excluding hydrogens is 270 g/mol. The molecule has 3 rings (SSSR count). The summed E-state index contributed by atoms with van der Waals surface area (Å²) in [4.78, 5) is 19.0. The molecule has 1 amide bonds. The van der Waals surface area contributed by atoms with Crippen LogP contribution in [-0.4, -0.2) is 23.5 Å². The van der Waals surface area contributed by atoms with Crippen LogP contribution in [0.2, 0.25) is 0 Å². The lowest BCUT2D eigenvalue weighted by molar-refractivity contribution is -0.119. The van der Waals surface area contributed by atoms with E-state index in [9.17, 15) is 4.79 Å². The highest BCUT2D eigenvalue weighted by Gasteiger charge is 2.32. The van der Waals surface area contributed by atoms with Crippen molar-refractivity contribution < 1.29 is 4.79 Å². The Morgan fingerprint density at radius 2 is 2.20 bits per heavy atom. The number of fused-ring (bicyclic) bond motifs is 1. The molecule has 1 fully saturated rings. The zero-order chi connectivity index (χ0) is 14.3. The summed E-state index contributed by atoms with van der Waals surface area (Å²) in [6.45, 7) is 5.12. The molecule has 20 heavy (non-hydrogen) atoms. The van der Waals surface area contributed by atoms with Crippen LogP contribution in [0.3, 0.4) is 0 Å². The van der Waals surface area contributed by atoms with E-state index >= 15 is 0 Å². The van der Waals surface area contributed by atoms with Crippen LogP contribution in [0.15, 0.2) is 0 Å². The van der Waals surface area contributed by atoms with E-state index in [4.69, 9.17) is 5.73 Å². The van der Waals surface area contributed by atoms with Crippen molar-refractivity contribution in [3.05, 3.63) is 10.7 Å². The van der Waals surface area contributed by atoms with Crippen LogP contribution in [0.1, 0.15) is 43.3 Å². The van der Waals surface area contributed by atoms with E-state index in [0.29, 0.717) is 6.42 Å². The van der Waals surface area contributed by atoms with Gasteiger partial charge in [-0.1, -0.05) is 13.3 Å². The maximum absolute atomic E-state index is 12.5. The van der Waals surface area contributed by atoms with E-state index in [2.05, 4.69) is 11.9 Å². The number of hydrogen-bond donors (Lipinski definition) is 1. The highest BCUT2D eigenvalue weighted by molar-refractivity contribution is 7.16. The molecule has 1 aromatic rings. The lowest BCUT2D eigenvalue weighted by Crippen LogP contribution is -2.44. The fourth-order valence-corrected chi connectivity index (χ4v) is 4.21. The number of aromatic nitrogens is 1. The summed E-state index contributed by atoms with van der Waals surface area (Å²) >= 11 is 1.63. The molecule has 1 aliphatic heterocycles. The van der Waals surface area contributed by atoms with Crippen LogP contribution in [0.25, 0.3) is 0 Å². The fourth-order valence-electron chi connectivity index (χ4n) is 3.22. The van der Waals surface area contributed by atoms with E-state index in [1.54, 1.807) is 11.3 Å². The van der Waals surface area contributed by atoms with Gasteiger partial charge in [0.1, 0.15) is 5.00 Å². The molecule has 0 saturated heterocycles. The fraction of sp³-hybridized carbons (Fsp3) is 0.733. The second-order valence-electron chi connectivity index (χ2n) is 6.22. The molecule has 1 aliphatic carbocycles. The van der Waals surface area contributed by atoms with Gasteiger partial charge in [0, 0.05) is 6.54 Å². The average Bonchev–Trinajstić information content (AvgIpc) is 2.74. The van der Waals surface area contributed by atoms with Crippen LogP contribution in [0, 0.1) is 18.8 Å². The highest BCUT2D eigenvalue weighted by atomic mass is 32.1. The molecule has 5 heteroatoms. The van der Waals surface area contributed by atoms with Gasteiger partial charge >= 0.3 is 0 Å². The van der Waals surface area contributed by atoms with Crippen LogP contribution in [0.5, 0.6) is 0 Å². The second-order valence-corrected chi connectivity index (χ2v) is 7.40. The smallest absolute Gasteiger partial charge is 0.244 e. The third-order valence-electron chi connectivity index (χ3n) is 4.83. The molecule has 1 aromatic heterocycles. The molecule has 0 aromatic carbocycles. The molecule has 3 atom stereocenters. The molecule has 2 N–H and O–H groups in total. The molecule has 2 aliphatic rings. The van der Waals surface area contributed by atoms with Crippen LogP contribution in [0.4, 0.5) is 5.00 Å². The van der Waals surface area contributed by atoms with Crippen molar-refractivity contribution in [3.63, 3.8) is 0 Å². The molecule has 0 bridgehead atoms. The number of carbonyl (C=O) groups is 1. The Morgan fingerprint density at radius 3 is 2.85 bits per heavy atom. The van der Waals surface area contributed by atoms with Gasteiger partial charge in [0.15, 0.2) is 0 Å². The maximum Gasteiger partial charge on any atom is 0.244 e. The molecule has 2 unspecified atom stereocenters. The quantitative estimate of drug-likeness (QED) is 0.931. The minimum Gasteiger partial charge on any atom is -0.320 e. The Labute approximate surface area is 124 Å². The predicted octanol–water partition coefficient (Wildman–Crippen LogP) is 2.49. The Morgan fingerprint density at radius 1 is 1.40 bits per heavy atom. The van der Waals surface area contributed by atoms with Gasteiger partial charge in [-0.2, -0.15) is 0 Å². The van der Waals surface area contributed by atoms with Crippen molar-refractivity contribution in [1.29, 1.82) is 0 Å². The number of rotatable bonds is 3. The molecule has 4 nitrogen and oxygen atoms in total. The van der Waals surface area contributed by atoms with Gasteiger partial charge < -0.3 is 10.6 Å². The third-order valence-corrected chi connectivity index (χ3v) is 5.86. The molecule has 0 radical (unpaired) electrons. The van der Waals surface area contributed by atoms with Crippen molar-refractivity contribution in [2.45, 2.75) is 52.0 Å². The first-order valence-electron chi connectivity index (χ1n) is 7.59. The van der Waals surface area contributed by atoms with Crippen LogP contribution >= 0.6 is 11.3 Å². The maximum atomic E-state index is 12.5. The van der Waals surface area contributed by atoms with Crippen molar-refractivity contribution in [2.75, 3.05) is 11.4 Å². The predicted molar refractivity (Wildman–Crippen MR) is 82.0 cm³/mol. The monoisotopic (exact) mass is 293 g/mol. The Kier molecular flexibility index (Phi) is 3.82. The van der Waals surface area contributed by atoms with E-state index < -0.39 is 0 Å². The summed E-state index contributed by atoms with van der Waals surface area (Å²) in [6, 6.07) is -0.365. The topological polar surface area (TPSA) is 59.2 Å². The van der Waals surface area contributed by atoms with Crippen LogP contribution < -0.4 is 10.6 Å². The Balaban J connectivity index is 1.79. The van der Waals surface area contributed by atoms with Crippen molar-refractivity contribution >= 4 is 22.2 Å². The SMILES string of the molecule is Cc1nc2c(s1)N(CCC1CC[C@H]1C)C(=O)C(N)CC2. The van der Waals surface area contributed by atoms with Crippen molar-refractivity contribution in [2.24, 2.45) is 17.6 Å². The largest absolute Gasteiger partial charge is 0.320 e. The van der Waals surface area contributed by atoms with Crippen molar-refractivity contribution in [1.82, 2.24) is 4.98 Å². The van der Waals surface area contributed by atoms with Gasteiger partial charge in [-0.15, -0.1) is 11.3 Å². The molecule has 0 spiro atoms. The number of hydrogen-bond acceptors (Lipinski definition) is 4. The summed E-state index contributed by atoms with van der Waals surface area (Å²) in [5, 5.41) is 2.09. The number of nitrogens with two attached hydrogens (primary N) is 1. The summed E-state index contributed by atoms with van der Waals surface area (Å²) in [6.07, 6.45) is 5.27. The van der Waals surface area contributed by atoms with Gasteiger partial charge in [-0.25, -0.2) is 4.98 Å². The van der Waals surface area contributed by atoms with Gasteiger partial charge in [-0.3, -0.25) is 4.79 Å². The summed E-state index contributed by atoms with van der Waals surface area (Å²) in [5.41, 5.74) is 7.08. The zero-order valence-electron chi connectivity index (χ0n) is 12.3. The average molecular weight is 293 g/mol. The number of amides is 1. The van der Waals surface area contributed by atoms with Crippen molar-refractivity contribution in [3.8, 4) is 0 Å². The standard InChI is InChI=1S/C15H23N3OS/c1-9-3-4-11(9)7-8-18-14(19)12(16)5-6-13-15(18)20-10(2)17-13/h9,11-12H,3-8,16H2,1-2H3/t9-,11?,12?/m1/s1. The van der Waals surface area contributed by atoms with Gasteiger partial charge in [-0.05, 0) is 44.4 Å². The second kappa shape index (κ2) is 5.45. The summed E-state index contributed by atoms with van der Waals surface area (Å²) < 4.78 is 0. The first-order valence-corrected chi connectivity index (χ1v) is 8.41. The zero-order valence-corrected chi connectivity index (χ0v) is 13.1. The van der Waals surface area contributed by atoms with E-state index in [1.807, 2.05) is 11.8 Å². The number of nitrogens with zero attached hydrogens (tertiary/aromatic N) is 2. The van der Waals surface area contributed by atoms with E-state index in [0.717, 1.165) is 46.9 Å². The Hall–Kier alpha value is -0.940. The van der Waals surface area contributed by atoms with E-state index in [1.165, 1.54) is 12.8 Å². The first kappa shape index (κ1) is 14.0. The molecular formula is C15H23N3OS. The lowest BCUT2D eigenvalue weighted by Gasteiger charge is -2.35. The Bertz CT molecular complexity index is 513. The van der Waals surface area contributed by atoms with E-state index in [-0.39, 0.29) is 11.9 Å². The van der Waals surface area contributed by atoms with Gasteiger partial charge in [0.2, 0.25) is 5.91 Å². The molecule has 110 valence electrons. The molecule has 2 heterocycles. The first-order chi connectivity index (χ1) is 9.56. The van der Waals surface area contributed by atoms with Crippen LogP contribution in [-0.2, 0) is 11.2 Å². The lowest BCUT2D eigenvalue weighted by atomic mass is 9.73. The molecule has 1 saturated carbocycles.